The highest BCUT2D eigenvalue weighted by Gasteiger charge is 2.25. The van der Waals surface area contributed by atoms with Crippen molar-refractivity contribution in [2.45, 2.75) is 6.92 Å². The third-order valence-corrected chi connectivity index (χ3v) is 2.78. The van der Waals surface area contributed by atoms with Gasteiger partial charge in [0, 0.05) is 22.4 Å². The molecular weight excluding hydrogens is 241 g/mol. The Morgan fingerprint density at radius 1 is 1.26 bits per heavy atom. The van der Waals surface area contributed by atoms with Gasteiger partial charge in [-0.3, -0.25) is 4.79 Å². The number of halogens is 1. The maximum absolute atomic E-state index is 13.6. The van der Waals surface area contributed by atoms with Crippen LogP contribution in [0.3, 0.4) is 0 Å². The molecule has 0 saturated carbocycles. The van der Waals surface area contributed by atoms with E-state index in [0.29, 0.717) is 22.4 Å². The lowest BCUT2D eigenvalue weighted by atomic mass is 10.0. The first kappa shape index (κ1) is 13.0. The predicted molar refractivity (Wildman–Crippen MR) is 74.6 cm³/mol. The highest BCUT2D eigenvalue weighted by molar-refractivity contribution is 6.08. The summed E-state index contributed by atoms with van der Waals surface area (Å²) in [4.78, 5) is 11.8. The van der Waals surface area contributed by atoms with Crippen LogP contribution in [0.4, 0.5) is 4.39 Å². The van der Waals surface area contributed by atoms with Gasteiger partial charge in [0.05, 0.1) is 0 Å². The minimum atomic E-state index is -0.356. The Labute approximate surface area is 111 Å². The molecule has 1 N–H and O–H groups in total. The van der Waals surface area contributed by atoms with Gasteiger partial charge in [-0.1, -0.05) is 43.0 Å². The van der Waals surface area contributed by atoms with Gasteiger partial charge in [-0.25, -0.2) is 4.39 Å². The molecule has 0 unspecified atom stereocenters. The molecule has 0 radical (unpaired) electrons. The Morgan fingerprint density at radius 2 is 2.00 bits per heavy atom. The van der Waals surface area contributed by atoms with Crippen LogP contribution in [0.5, 0.6) is 0 Å². The van der Waals surface area contributed by atoms with E-state index in [-0.39, 0.29) is 11.7 Å². The maximum Gasteiger partial charge on any atom is 0.256 e. The van der Waals surface area contributed by atoms with Gasteiger partial charge in [0.15, 0.2) is 0 Å². The van der Waals surface area contributed by atoms with E-state index in [2.05, 4.69) is 11.9 Å². The van der Waals surface area contributed by atoms with Gasteiger partial charge in [0.25, 0.3) is 5.91 Å². The Morgan fingerprint density at radius 3 is 2.68 bits per heavy atom. The molecule has 1 saturated heterocycles. The number of carbonyl (C=O) groups excluding carboxylic acids is 1. The van der Waals surface area contributed by atoms with Crippen molar-refractivity contribution >= 4 is 12.0 Å². The SMILES string of the molecule is C=C1NC(=O)C(=C\c2ccccc2F)/C1=C/C=C\C. The zero-order valence-corrected chi connectivity index (χ0v) is 10.6. The summed E-state index contributed by atoms with van der Waals surface area (Å²) >= 11 is 0. The molecule has 2 rings (SSSR count). The number of benzene rings is 1. The molecule has 0 aliphatic carbocycles. The highest BCUT2D eigenvalue weighted by atomic mass is 19.1. The summed E-state index contributed by atoms with van der Waals surface area (Å²) in [5.74, 6) is -0.616. The van der Waals surface area contributed by atoms with Crippen LogP contribution in [0, 0.1) is 5.82 Å². The molecule has 1 aliphatic rings. The van der Waals surface area contributed by atoms with Crippen molar-refractivity contribution in [2.24, 2.45) is 0 Å². The second-order valence-corrected chi connectivity index (χ2v) is 4.12. The fourth-order valence-electron chi connectivity index (χ4n) is 1.83. The van der Waals surface area contributed by atoms with Gasteiger partial charge in [-0.2, -0.15) is 0 Å². The molecule has 0 aromatic heterocycles. The number of amides is 1. The lowest BCUT2D eigenvalue weighted by molar-refractivity contribution is -0.115. The van der Waals surface area contributed by atoms with Crippen molar-refractivity contribution in [3.05, 3.63) is 77.3 Å². The highest BCUT2D eigenvalue weighted by Crippen LogP contribution is 2.26. The second-order valence-electron chi connectivity index (χ2n) is 4.12. The number of nitrogens with one attached hydrogen (secondary N) is 1. The predicted octanol–water partition coefficient (Wildman–Crippen LogP) is 3.36. The van der Waals surface area contributed by atoms with Crippen LogP contribution in [-0.4, -0.2) is 5.91 Å². The summed E-state index contributed by atoms with van der Waals surface area (Å²) in [6.07, 6.45) is 6.99. The van der Waals surface area contributed by atoms with Crippen molar-refractivity contribution in [3.8, 4) is 0 Å². The quantitative estimate of drug-likeness (QED) is 0.807. The van der Waals surface area contributed by atoms with Gasteiger partial charge in [-0.15, -0.1) is 0 Å². The fourth-order valence-corrected chi connectivity index (χ4v) is 1.83. The van der Waals surface area contributed by atoms with Gasteiger partial charge in [0.2, 0.25) is 0 Å². The van der Waals surface area contributed by atoms with Crippen molar-refractivity contribution in [1.82, 2.24) is 5.32 Å². The van der Waals surface area contributed by atoms with E-state index in [0.717, 1.165) is 0 Å². The van der Waals surface area contributed by atoms with Gasteiger partial charge in [-0.05, 0) is 19.1 Å². The molecular formula is C16H14FNO. The molecule has 2 nitrogen and oxygen atoms in total. The van der Waals surface area contributed by atoms with Gasteiger partial charge < -0.3 is 5.32 Å². The smallest absolute Gasteiger partial charge is 0.256 e. The molecule has 1 aromatic rings. The fraction of sp³-hybridized carbons (Fsp3) is 0.0625. The summed E-state index contributed by atoms with van der Waals surface area (Å²) in [6, 6.07) is 6.33. The summed E-state index contributed by atoms with van der Waals surface area (Å²) in [6.45, 7) is 5.66. The molecule has 1 aliphatic heterocycles. The van der Waals surface area contributed by atoms with E-state index in [4.69, 9.17) is 0 Å². The summed E-state index contributed by atoms with van der Waals surface area (Å²) in [5.41, 5.74) is 2.03. The summed E-state index contributed by atoms with van der Waals surface area (Å²) in [5, 5.41) is 2.64. The molecule has 3 heteroatoms. The standard InChI is InChI=1S/C16H14FNO/c1-3-4-8-13-11(2)18-16(19)14(13)10-12-7-5-6-9-15(12)17/h3-10H,2H2,1H3,(H,18,19)/b4-3-,13-8+,14-10-. The zero-order valence-electron chi connectivity index (χ0n) is 10.6. The van der Waals surface area contributed by atoms with E-state index in [9.17, 15) is 9.18 Å². The lowest BCUT2D eigenvalue weighted by Crippen LogP contribution is -2.12. The summed E-state index contributed by atoms with van der Waals surface area (Å²) in [7, 11) is 0. The van der Waals surface area contributed by atoms with Crippen LogP contribution in [0.25, 0.3) is 6.08 Å². The molecule has 0 atom stereocenters. The second kappa shape index (κ2) is 5.48. The number of hydrogen-bond acceptors (Lipinski definition) is 1. The minimum absolute atomic E-state index is 0.260. The number of allylic oxidation sites excluding steroid dienone is 4. The van der Waals surface area contributed by atoms with Crippen molar-refractivity contribution < 1.29 is 9.18 Å². The first-order valence-electron chi connectivity index (χ1n) is 5.93. The van der Waals surface area contributed by atoms with Crippen LogP contribution in [-0.2, 0) is 4.79 Å². The van der Waals surface area contributed by atoms with Crippen molar-refractivity contribution in [1.29, 1.82) is 0 Å². The molecule has 1 heterocycles. The van der Waals surface area contributed by atoms with E-state index < -0.39 is 0 Å². The average molecular weight is 255 g/mol. The van der Waals surface area contributed by atoms with Crippen LogP contribution in [0.2, 0.25) is 0 Å². The first-order chi connectivity index (χ1) is 9.13. The first-order valence-corrected chi connectivity index (χ1v) is 5.93. The van der Waals surface area contributed by atoms with Gasteiger partial charge in [0.1, 0.15) is 5.82 Å². The lowest BCUT2D eigenvalue weighted by Gasteiger charge is -1.99. The molecule has 0 bridgehead atoms. The van der Waals surface area contributed by atoms with Crippen LogP contribution in [0.15, 0.2) is 65.9 Å². The minimum Gasteiger partial charge on any atom is -0.322 e. The Hall–Kier alpha value is -2.42. The number of rotatable bonds is 2. The van der Waals surface area contributed by atoms with Crippen molar-refractivity contribution in [2.75, 3.05) is 0 Å². The third kappa shape index (κ3) is 2.71. The third-order valence-electron chi connectivity index (χ3n) is 2.78. The topological polar surface area (TPSA) is 29.1 Å². The number of carbonyl (C=O) groups is 1. The van der Waals surface area contributed by atoms with Crippen molar-refractivity contribution in [3.63, 3.8) is 0 Å². The Balaban J connectivity index is 2.49. The largest absolute Gasteiger partial charge is 0.322 e. The molecule has 19 heavy (non-hydrogen) atoms. The molecule has 1 amide bonds. The summed E-state index contributed by atoms with van der Waals surface area (Å²) < 4.78 is 13.6. The molecule has 1 fully saturated rings. The van der Waals surface area contributed by atoms with E-state index >= 15 is 0 Å². The maximum atomic E-state index is 13.6. The van der Waals surface area contributed by atoms with E-state index in [1.54, 1.807) is 24.3 Å². The van der Waals surface area contributed by atoms with Crippen LogP contribution < -0.4 is 5.32 Å². The number of hydrogen-bond donors (Lipinski definition) is 1. The van der Waals surface area contributed by atoms with E-state index in [1.165, 1.54) is 12.1 Å². The van der Waals surface area contributed by atoms with Crippen LogP contribution in [0.1, 0.15) is 12.5 Å². The normalized spacial score (nSPS) is 19.7. The Kier molecular flexibility index (Phi) is 3.76. The average Bonchev–Trinajstić information content (AvgIpc) is 2.65. The van der Waals surface area contributed by atoms with Gasteiger partial charge >= 0.3 is 0 Å². The Bertz CT molecular complexity index is 623. The molecule has 96 valence electrons. The monoisotopic (exact) mass is 255 g/mol. The molecule has 0 spiro atoms. The van der Waals surface area contributed by atoms with E-state index in [1.807, 2.05) is 19.1 Å². The van der Waals surface area contributed by atoms with Crippen LogP contribution >= 0.6 is 0 Å². The molecule has 1 aromatic carbocycles. The zero-order chi connectivity index (χ0) is 13.8.